The highest BCUT2D eigenvalue weighted by Gasteiger charge is 2.27. The summed E-state index contributed by atoms with van der Waals surface area (Å²) < 4.78 is 0.817. The fourth-order valence-electron chi connectivity index (χ4n) is 2.16. The van der Waals surface area contributed by atoms with E-state index in [1.165, 1.54) is 0 Å². The number of Topliss-reactive ketones (excluding diaryl/α,β-unsaturated/α-hetero) is 1. The van der Waals surface area contributed by atoms with Gasteiger partial charge in [0.15, 0.2) is 0 Å². The van der Waals surface area contributed by atoms with Crippen LogP contribution in [0.3, 0.4) is 0 Å². The normalized spacial score (nSPS) is 20.1. The molecule has 1 aromatic carbocycles. The summed E-state index contributed by atoms with van der Waals surface area (Å²) >= 11 is 3.43. The number of carbonyl (C=O) groups is 2. The number of hydrogen-bond acceptors (Lipinski definition) is 2. The first-order valence-corrected chi connectivity index (χ1v) is 6.86. The van der Waals surface area contributed by atoms with Crippen LogP contribution in [0, 0.1) is 12.8 Å². The molecule has 0 N–H and O–H groups in total. The molecule has 0 spiro atoms. The van der Waals surface area contributed by atoms with Crippen LogP contribution in [0.5, 0.6) is 0 Å². The molecule has 0 radical (unpaired) electrons. The highest BCUT2D eigenvalue weighted by Crippen LogP contribution is 2.22. The molecule has 1 unspecified atom stereocenters. The van der Waals surface area contributed by atoms with Gasteiger partial charge >= 0.3 is 0 Å². The lowest BCUT2D eigenvalue weighted by Gasteiger charge is -2.30. The molecule has 1 amide bonds. The SMILES string of the molecule is Cc1ccc(C(=O)N2CCC(=O)C(C)C2)c(Br)c1. The topological polar surface area (TPSA) is 37.4 Å². The number of nitrogens with zero attached hydrogens (tertiary/aromatic N) is 1. The second-order valence-electron chi connectivity index (χ2n) is 4.85. The Hall–Kier alpha value is -1.16. The van der Waals surface area contributed by atoms with Crippen LogP contribution < -0.4 is 0 Å². The van der Waals surface area contributed by atoms with Crippen molar-refractivity contribution in [3.63, 3.8) is 0 Å². The molecule has 4 heteroatoms. The number of hydrogen-bond donors (Lipinski definition) is 0. The summed E-state index contributed by atoms with van der Waals surface area (Å²) in [5.74, 6) is 0.204. The molecule has 18 heavy (non-hydrogen) atoms. The van der Waals surface area contributed by atoms with Crippen molar-refractivity contribution in [3.8, 4) is 0 Å². The number of carbonyl (C=O) groups excluding carboxylic acids is 2. The molecule has 2 rings (SSSR count). The summed E-state index contributed by atoms with van der Waals surface area (Å²) in [6, 6.07) is 5.70. The maximum Gasteiger partial charge on any atom is 0.255 e. The van der Waals surface area contributed by atoms with Gasteiger partial charge in [0, 0.05) is 29.9 Å². The Morgan fingerprint density at radius 1 is 1.44 bits per heavy atom. The summed E-state index contributed by atoms with van der Waals surface area (Å²) in [5, 5.41) is 0. The lowest BCUT2D eigenvalue weighted by molar-refractivity contribution is -0.124. The predicted molar refractivity (Wildman–Crippen MR) is 73.6 cm³/mol. The minimum atomic E-state index is -0.0491. The third kappa shape index (κ3) is 2.64. The molecule has 0 bridgehead atoms. The molecule has 0 aromatic heterocycles. The third-order valence-corrected chi connectivity index (χ3v) is 3.97. The molecular formula is C14H16BrNO2. The largest absolute Gasteiger partial charge is 0.337 e. The van der Waals surface area contributed by atoms with Gasteiger partial charge in [-0.3, -0.25) is 9.59 Å². The van der Waals surface area contributed by atoms with Crippen molar-refractivity contribution in [3.05, 3.63) is 33.8 Å². The Kier molecular flexibility index (Phi) is 3.85. The van der Waals surface area contributed by atoms with E-state index in [9.17, 15) is 9.59 Å². The summed E-state index contributed by atoms with van der Waals surface area (Å²) in [7, 11) is 0. The number of ketones is 1. The minimum Gasteiger partial charge on any atom is -0.337 e. The van der Waals surface area contributed by atoms with Gasteiger partial charge in [0.2, 0.25) is 0 Å². The van der Waals surface area contributed by atoms with Gasteiger partial charge in [-0.1, -0.05) is 13.0 Å². The molecule has 1 aliphatic rings. The first-order valence-electron chi connectivity index (χ1n) is 6.07. The molecule has 96 valence electrons. The van der Waals surface area contributed by atoms with Crippen molar-refractivity contribution < 1.29 is 9.59 Å². The highest BCUT2D eigenvalue weighted by atomic mass is 79.9. The molecule has 1 aromatic rings. The van der Waals surface area contributed by atoms with E-state index in [0.29, 0.717) is 25.1 Å². The fraction of sp³-hybridized carbons (Fsp3) is 0.429. The molecule has 1 saturated heterocycles. The zero-order valence-corrected chi connectivity index (χ0v) is 12.2. The van der Waals surface area contributed by atoms with Crippen molar-refractivity contribution in [1.29, 1.82) is 0 Å². The van der Waals surface area contributed by atoms with Crippen molar-refractivity contribution in [2.24, 2.45) is 5.92 Å². The molecule has 0 saturated carbocycles. The summed E-state index contributed by atoms with van der Waals surface area (Å²) in [6.45, 7) is 4.92. The Bertz CT molecular complexity index is 499. The average Bonchev–Trinajstić information content (AvgIpc) is 2.32. The average molecular weight is 310 g/mol. The van der Waals surface area contributed by atoms with Crippen LogP contribution in [0.15, 0.2) is 22.7 Å². The van der Waals surface area contributed by atoms with Gasteiger partial charge in [0.1, 0.15) is 5.78 Å². The first kappa shape index (κ1) is 13.3. The van der Waals surface area contributed by atoms with E-state index in [2.05, 4.69) is 15.9 Å². The van der Waals surface area contributed by atoms with Crippen LogP contribution >= 0.6 is 15.9 Å². The molecule has 1 fully saturated rings. The molecule has 1 heterocycles. The monoisotopic (exact) mass is 309 g/mol. The Labute approximate surface area is 115 Å². The van der Waals surface area contributed by atoms with Gasteiger partial charge in [-0.2, -0.15) is 0 Å². The van der Waals surface area contributed by atoms with Crippen molar-refractivity contribution in [2.45, 2.75) is 20.3 Å². The second-order valence-corrected chi connectivity index (χ2v) is 5.71. The number of rotatable bonds is 1. The molecule has 1 atom stereocenters. The zero-order chi connectivity index (χ0) is 13.3. The maximum absolute atomic E-state index is 12.4. The molecule has 1 aliphatic heterocycles. The van der Waals surface area contributed by atoms with Gasteiger partial charge in [-0.25, -0.2) is 0 Å². The van der Waals surface area contributed by atoms with Gasteiger partial charge in [0.05, 0.1) is 5.56 Å². The Morgan fingerprint density at radius 2 is 2.17 bits per heavy atom. The molecule has 3 nitrogen and oxygen atoms in total. The molecular weight excluding hydrogens is 294 g/mol. The number of halogens is 1. The first-order chi connectivity index (χ1) is 8.49. The Balaban J connectivity index is 2.19. The summed E-state index contributed by atoms with van der Waals surface area (Å²) in [6.07, 6.45) is 0.469. The van der Waals surface area contributed by atoms with E-state index in [1.807, 2.05) is 32.0 Å². The summed E-state index contributed by atoms with van der Waals surface area (Å²) in [4.78, 5) is 25.6. The van der Waals surface area contributed by atoms with Crippen molar-refractivity contribution in [2.75, 3.05) is 13.1 Å². The van der Waals surface area contributed by atoms with Crippen molar-refractivity contribution >= 4 is 27.6 Å². The quantitative estimate of drug-likeness (QED) is 0.800. The fourth-order valence-corrected chi connectivity index (χ4v) is 2.83. The smallest absolute Gasteiger partial charge is 0.255 e. The second kappa shape index (κ2) is 5.22. The van der Waals surface area contributed by atoms with Crippen LogP contribution in [-0.2, 0) is 4.79 Å². The number of benzene rings is 1. The Morgan fingerprint density at radius 3 is 2.78 bits per heavy atom. The van der Waals surface area contributed by atoms with Gasteiger partial charge < -0.3 is 4.90 Å². The number of amides is 1. The zero-order valence-electron chi connectivity index (χ0n) is 10.6. The molecule has 0 aliphatic carbocycles. The van der Waals surface area contributed by atoms with Gasteiger partial charge in [-0.05, 0) is 40.5 Å². The minimum absolute atomic E-state index is 0.00113. The predicted octanol–water partition coefficient (Wildman–Crippen LogP) is 2.81. The lowest BCUT2D eigenvalue weighted by Crippen LogP contribution is -2.43. The van der Waals surface area contributed by atoms with Gasteiger partial charge in [0.25, 0.3) is 5.91 Å². The van der Waals surface area contributed by atoms with E-state index in [1.54, 1.807) is 4.90 Å². The van der Waals surface area contributed by atoms with Crippen LogP contribution in [0.2, 0.25) is 0 Å². The van der Waals surface area contributed by atoms with Crippen molar-refractivity contribution in [1.82, 2.24) is 4.90 Å². The van der Waals surface area contributed by atoms with E-state index >= 15 is 0 Å². The van der Waals surface area contributed by atoms with E-state index in [4.69, 9.17) is 0 Å². The van der Waals surface area contributed by atoms with E-state index < -0.39 is 0 Å². The van der Waals surface area contributed by atoms with Gasteiger partial charge in [-0.15, -0.1) is 0 Å². The highest BCUT2D eigenvalue weighted by molar-refractivity contribution is 9.10. The van der Waals surface area contributed by atoms with Crippen LogP contribution in [0.4, 0.5) is 0 Å². The third-order valence-electron chi connectivity index (χ3n) is 3.31. The maximum atomic E-state index is 12.4. The van der Waals surface area contributed by atoms with Crippen LogP contribution in [0.1, 0.15) is 29.3 Å². The number of aryl methyl sites for hydroxylation is 1. The lowest BCUT2D eigenvalue weighted by atomic mass is 9.98. The van der Waals surface area contributed by atoms with Crippen LogP contribution in [-0.4, -0.2) is 29.7 Å². The van der Waals surface area contributed by atoms with Crippen LogP contribution in [0.25, 0.3) is 0 Å². The standard InChI is InChI=1S/C14H16BrNO2/c1-9-3-4-11(12(15)7-9)14(18)16-6-5-13(17)10(2)8-16/h3-4,7,10H,5-6,8H2,1-2H3. The van der Waals surface area contributed by atoms with E-state index in [0.717, 1.165) is 10.0 Å². The number of likely N-dealkylation sites (tertiary alicyclic amines) is 1. The summed E-state index contributed by atoms with van der Waals surface area (Å²) in [5.41, 5.74) is 1.78. The number of piperidine rings is 1. The van der Waals surface area contributed by atoms with E-state index in [-0.39, 0.29) is 17.6 Å².